The van der Waals surface area contributed by atoms with Gasteiger partial charge < -0.3 is 0 Å². The molecule has 7 heteroatoms. The molecule has 10 heavy (non-hydrogen) atoms. The average molecular weight is 179 g/mol. The zero-order chi connectivity index (χ0) is 7.83. The lowest BCUT2D eigenvalue weighted by molar-refractivity contribution is 0.580. The van der Waals surface area contributed by atoms with Crippen molar-refractivity contribution >= 4 is 35.1 Å². The average Bonchev–Trinajstić information content (AvgIpc) is 2.13. The van der Waals surface area contributed by atoms with E-state index in [1.165, 1.54) is 12.4 Å². The summed E-state index contributed by atoms with van der Waals surface area (Å²) >= 11 is 3.65. The molecule has 0 saturated heterocycles. The summed E-state index contributed by atoms with van der Waals surface area (Å²) in [6, 6.07) is 0. The van der Waals surface area contributed by atoms with E-state index in [9.17, 15) is 8.42 Å². The maximum atomic E-state index is 10.6. The van der Waals surface area contributed by atoms with Crippen LogP contribution in [0, 0.1) is 0 Å². The van der Waals surface area contributed by atoms with Crippen molar-refractivity contribution in [3.63, 3.8) is 0 Å². The van der Waals surface area contributed by atoms with E-state index in [1.807, 2.05) is 0 Å². The van der Waals surface area contributed by atoms with Gasteiger partial charge in [-0.15, -0.1) is 12.6 Å². The van der Waals surface area contributed by atoms with Gasteiger partial charge in [-0.25, -0.2) is 23.5 Å². The van der Waals surface area contributed by atoms with E-state index in [4.69, 9.17) is 5.14 Å². The standard InChI is InChI=1S/C3H5N3O2S2/c4-10(7,8)3(9)5-1-2-6-3/h1-2,9H,(H2,4,7,8). The topological polar surface area (TPSA) is 84.9 Å². The Balaban J connectivity index is 3.14. The molecule has 0 saturated carbocycles. The molecule has 0 amide bonds. The van der Waals surface area contributed by atoms with Crippen LogP contribution in [0.4, 0.5) is 0 Å². The fraction of sp³-hybridized carbons (Fsp3) is 0.333. The van der Waals surface area contributed by atoms with E-state index in [1.54, 1.807) is 0 Å². The van der Waals surface area contributed by atoms with Crippen LogP contribution >= 0.6 is 12.6 Å². The number of hydrogen-bond donors (Lipinski definition) is 2. The van der Waals surface area contributed by atoms with E-state index in [0.717, 1.165) is 0 Å². The van der Waals surface area contributed by atoms with E-state index in [0.29, 0.717) is 0 Å². The van der Waals surface area contributed by atoms with Crippen LogP contribution in [0.15, 0.2) is 9.98 Å². The minimum Gasteiger partial charge on any atom is -0.236 e. The van der Waals surface area contributed by atoms with Crippen molar-refractivity contribution < 1.29 is 8.42 Å². The lowest BCUT2D eigenvalue weighted by Crippen LogP contribution is -2.33. The van der Waals surface area contributed by atoms with E-state index in [2.05, 4.69) is 22.6 Å². The van der Waals surface area contributed by atoms with Gasteiger partial charge in [0.2, 0.25) is 0 Å². The van der Waals surface area contributed by atoms with E-state index in [-0.39, 0.29) is 0 Å². The van der Waals surface area contributed by atoms with Gasteiger partial charge in [0, 0.05) is 12.4 Å². The summed E-state index contributed by atoms with van der Waals surface area (Å²) in [5.74, 6) is 0. The quantitative estimate of drug-likeness (QED) is 0.504. The molecule has 0 aromatic carbocycles. The van der Waals surface area contributed by atoms with Crippen molar-refractivity contribution in [2.24, 2.45) is 15.1 Å². The highest BCUT2D eigenvalue weighted by atomic mass is 32.3. The van der Waals surface area contributed by atoms with Crippen molar-refractivity contribution in [2.75, 3.05) is 0 Å². The van der Waals surface area contributed by atoms with Crippen LogP contribution in [-0.2, 0) is 10.0 Å². The molecule has 0 fully saturated rings. The van der Waals surface area contributed by atoms with E-state index >= 15 is 0 Å². The van der Waals surface area contributed by atoms with Crippen molar-refractivity contribution in [1.29, 1.82) is 0 Å². The van der Waals surface area contributed by atoms with E-state index < -0.39 is 14.4 Å². The van der Waals surface area contributed by atoms with Gasteiger partial charge in [-0.1, -0.05) is 0 Å². The first-order chi connectivity index (χ1) is 4.46. The highest BCUT2D eigenvalue weighted by Crippen LogP contribution is 2.24. The molecular weight excluding hydrogens is 174 g/mol. The largest absolute Gasteiger partial charge is 0.312 e. The molecule has 1 aliphatic heterocycles. The summed E-state index contributed by atoms with van der Waals surface area (Å²) in [6.45, 7) is 0. The SMILES string of the molecule is NS(=O)(=O)C1(S)N=CC=N1. The third-order valence-electron chi connectivity index (χ3n) is 0.934. The zero-order valence-electron chi connectivity index (χ0n) is 4.80. The Morgan fingerprint density at radius 2 is 1.80 bits per heavy atom. The monoisotopic (exact) mass is 179 g/mol. The van der Waals surface area contributed by atoms with Crippen LogP contribution < -0.4 is 5.14 Å². The van der Waals surface area contributed by atoms with Crippen LogP contribution in [0.2, 0.25) is 0 Å². The Kier molecular flexibility index (Phi) is 1.57. The molecule has 1 heterocycles. The fourth-order valence-electron chi connectivity index (χ4n) is 0.441. The summed E-state index contributed by atoms with van der Waals surface area (Å²) in [6.07, 6.45) is 2.47. The van der Waals surface area contributed by atoms with Gasteiger partial charge in [0.25, 0.3) is 10.0 Å². The molecule has 5 nitrogen and oxygen atoms in total. The van der Waals surface area contributed by atoms with Crippen LogP contribution in [0.25, 0.3) is 0 Å². The number of nitrogens with zero attached hydrogens (tertiary/aromatic N) is 2. The minimum absolute atomic E-state index is 1.23. The van der Waals surface area contributed by atoms with Gasteiger partial charge in [-0.2, -0.15) is 0 Å². The number of sulfonamides is 1. The molecule has 0 aromatic rings. The maximum absolute atomic E-state index is 10.6. The first kappa shape index (κ1) is 7.70. The molecule has 56 valence electrons. The Morgan fingerprint density at radius 3 is 2.00 bits per heavy atom. The van der Waals surface area contributed by atoms with Crippen molar-refractivity contribution in [1.82, 2.24) is 0 Å². The highest BCUT2D eigenvalue weighted by Gasteiger charge is 2.37. The second-order valence-corrected chi connectivity index (χ2v) is 4.26. The van der Waals surface area contributed by atoms with Crippen LogP contribution in [-0.4, -0.2) is 25.2 Å². The minimum atomic E-state index is -3.83. The van der Waals surface area contributed by atoms with Crippen molar-refractivity contribution in [3.8, 4) is 0 Å². The Morgan fingerprint density at radius 1 is 1.40 bits per heavy atom. The molecule has 0 spiro atoms. The van der Waals surface area contributed by atoms with Gasteiger partial charge in [0.15, 0.2) is 0 Å². The molecule has 1 aliphatic rings. The summed E-state index contributed by atoms with van der Waals surface area (Å²) in [7, 11) is -3.83. The van der Waals surface area contributed by atoms with Gasteiger partial charge in [0.05, 0.1) is 0 Å². The number of thiol groups is 1. The third-order valence-corrected chi connectivity index (χ3v) is 2.90. The summed E-state index contributed by atoms with van der Waals surface area (Å²) in [4.78, 5) is 6.89. The fourth-order valence-corrected chi connectivity index (χ4v) is 0.990. The molecule has 0 radical (unpaired) electrons. The predicted molar refractivity (Wildman–Crippen MR) is 41.8 cm³/mol. The second kappa shape index (κ2) is 2.04. The summed E-state index contributed by atoms with van der Waals surface area (Å²) < 4.78 is 19.5. The Bertz CT molecular complexity index is 279. The Labute approximate surface area is 63.5 Å². The third kappa shape index (κ3) is 1.07. The number of aliphatic imine (C=N–C) groups is 2. The first-order valence-corrected chi connectivity index (χ1v) is 4.29. The molecule has 0 unspecified atom stereocenters. The van der Waals surface area contributed by atoms with Crippen molar-refractivity contribution in [3.05, 3.63) is 0 Å². The number of nitrogens with two attached hydrogens (primary N) is 1. The summed E-state index contributed by atoms with van der Waals surface area (Å²) in [5.41, 5.74) is 0. The van der Waals surface area contributed by atoms with Crippen LogP contribution in [0.3, 0.4) is 0 Å². The molecule has 0 aromatic heterocycles. The first-order valence-electron chi connectivity index (χ1n) is 2.29. The smallest absolute Gasteiger partial charge is 0.236 e. The molecular formula is C3H5N3O2S2. The predicted octanol–water partition coefficient (Wildman–Crippen LogP) is -1.03. The lowest BCUT2D eigenvalue weighted by Gasteiger charge is -2.11. The molecule has 1 rings (SSSR count). The van der Waals surface area contributed by atoms with Gasteiger partial charge in [-0.3, -0.25) is 0 Å². The molecule has 0 aliphatic carbocycles. The Hall–Kier alpha value is -0.400. The highest BCUT2D eigenvalue weighted by molar-refractivity contribution is 8.04. The number of hydrogen-bond acceptors (Lipinski definition) is 5. The summed E-state index contributed by atoms with van der Waals surface area (Å²) in [5, 5.41) is 4.74. The number of rotatable bonds is 1. The normalized spacial score (nSPS) is 21.8. The number of primary sulfonamides is 1. The second-order valence-electron chi connectivity index (χ2n) is 1.68. The van der Waals surface area contributed by atoms with Gasteiger partial charge in [-0.05, 0) is 0 Å². The zero-order valence-corrected chi connectivity index (χ0v) is 6.51. The van der Waals surface area contributed by atoms with Gasteiger partial charge >= 0.3 is 4.33 Å². The lowest BCUT2D eigenvalue weighted by atomic mass is 10.9. The van der Waals surface area contributed by atoms with Crippen LogP contribution in [0.1, 0.15) is 0 Å². The molecule has 2 N–H and O–H groups in total. The van der Waals surface area contributed by atoms with Crippen LogP contribution in [0.5, 0.6) is 0 Å². The molecule has 0 bridgehead atoms. The molecule has 0 atom stereocenters. The maximum Gasteiger partial charge on any atom is 0.312 e. The van der Waals surface area contributed by atoms with Gasteiger partial charge in [0.1, 0.15) is 0 Å². The van der Waals surface area contributed by atoms with Crippen molar-refractivity contribution in [2.45, 2.75) is 4.33 Å².